The molecule has 0 atom stereocenters. The van der Waals surface area contributed by atoms with Gasteiger partial charge in [0.2, 0.25) is 0 Å². The van der Waals surface area contributed by atoms with Crippen LogP contribution in [0.1, 0.15) is 27.0 Å². The number of hydrogen-bond acceptors (Lipinski definition) is 4. The molecule has 0 unspecified atom stereocenters. The van der Waals surface area contributed by atoms with E-state index in [0.29, 0.717) is 22.4 Å². The van der Waals surface area contributed by atoms with Crippen molar-refractivity contribution >= 4 is 5.97 Å². The van der Waals surface area contributed by atoms with Gasteiger partial charge in [0.1, 0.15) is 23.7 Å². The third-order valence-electron chi connectivity index (χ3n) is 3.47. The van der Waals surface area contributed by atoms with Crippen LogP contribution in [-0.2, 0) is 11.3 Å². The molecule has 0 saturated carbocycles. The van der Waals surface area contributed by atoms with E-state index < -0.39 is 5.97 Å². The van der Waals surface area contributed by atoms with Crippen molar-refractivity contribution in [2.45, 2.75) is 20.5 Å². The number of phenolic OH excluding ortho intramolecular Hbond substituents is 1. The van der Waals surface area contributed by atoms with Crippen molar-refractivity contribution in [2.24, 2.45) is 0 Å². The molecule has 0 aromatic heterocycles. The molecule has 0 saturated heterocycles. The minimum absolute atomic E-state index is 0.101. The van der Waals surface area contributed by atoms with E-state index in [4.69, 9.17) is 9.47 Å². The molecule has 0 aliphatic rings. The van der Waals surface area contributed by atoms with Gasteiger partial charge in [0, 0.05) is 6.07 Å². The van der Waals surface area contributed by atoms with Gasteiger partial charge < -0.3 is 14.6 Å². The van der Waals surface area contributed by atoms with Gasteiger partial charge in [-0.15, -0.1) is 0 Å². The van der Waals surface area contributed by atoms with E-state index in [2.05, 4.69) is 0 Å². The highest BCUT2D eigenvalue weighted by Gasteiger charge is 2.20. The van der Waals surface area contributed by atoms with Crippen LogP contribution in [0.15, 0.2) is 36.4 Å². The fourth-order valence-electron chi connectivity index (χ4n) is 2.08. The summed E-state index contributed by atoms with van der Waals surface area (Å²) in [5, 5.41) is 9.79. The lowest BCUT2D eigenvalue weighted by atomic mass is 10.0. The van der Waals surface area contributed by atoms with Crippen LogP contribution in [0.3, 0.4) is 0 Å². The molecule has 0 heterocycles. The predicted molar refractivity (Wildman–Crippen MR) is 79.7 cm³/mol. The van der Waals surface area contributed by atoms with Crippen molar-refractivity contribution in [1.29, 1.82) is 0 Å². The van der Waals surface area contributed by atoms with Gasteiger partial charge in [-0.05, 0) is 30.5 Å². The van der Waals surface area contributed by atoms with Crippen LogP contribution in [0.25, 0.3) is 0 Å². The second-order valence-corrected chi connectivity index (χ2v) is 4.78. The summed E-state index contributed by atoms with van der Waals surface area (Å²) in [7, 11) is 1.46. The maximum Gasteiger partial charge on any atom is 0.342 e. The molecule has 0 fully saturated rings. The van der Waals surface area contributed by atoms with Gasteiger partial charge in [-0.2, -0.15) is 0 Å². The minimum Gasteiger partial charge on any atom is -0.508 e. The third-order valence-corrected chi connectivity index (χ3v) is 3.47. The molecule has 0 radical (unpaired) electrons. The number of ether oxygens (including phenoxy) is 2. The molecule has 0 aliphatic heterocycles. The van der Waals surface area contributed by atoms with E-state index in [9.17, 15) is 9.90 Å². The summed E-state index contributed by atoms with van der Waals surface area (Å²) < 4.78 is 10.5. The Morgan fingerprint density at radius 2 is 1.81 bits per heavy atom. The maximum absolute atomic E-state index is 12.3. The molecule has 0 aliphatic carbocycles. The minimum atomic E-state index is -0.462. The lowest BCUT2D eigenvalue weighted by Crippen LogP contribution is -2.10. The quantitative estimate of drug-likeness (QED) is 0.875. The van der Waals surface area contributed by atoms with E-state index in [1.165, 1.54) is 13.2 Å². The van der Waals surface area contributed by atoms with E-state index in [-0.39, 0.29) is 12.4 Å². The summed E-state index contributed by atoms with van der Waals surface area (Å²) in [5.74, 6) is -0.0473. The number of benzene rings is 2. The van der Waals surface area contributed by atoms with Gasteiger partial charge >= 0.3 is 5.97 Å². The van der Waals surface area contributed by atoms with E-state index in [1.54, 1.807) is 13.8 Å². The zero-order valence-electron chi connectivity index (χ0n) is 12.3. The predicted octanol–water partition coefficient (Wildman–Crippen LogP) is 3.37. The number of esters is 1. The second-order valence-electron chi connectivity index (χ2n) is 4.78. The number of aromatic hydroxyl groups is 1. The van der Waals surface area contributed by atoms with Gasteiger partial charge in [-0.1, -0.05) is 30.3 Å². The van der Waals surface area contributed by atoms with Crippen LogP contribution >= 0.6 is 0 Å². The summed E-state index contributed by atoms with van der Waals surface area (Å²) in [5.41, 5.74) is 2.56. The van der Waals surface area contributed by atoms with Crippen LogP contribution in [0, 0.1) is 13.8 Å². The second kappa shape index (κ2) is 6.31. The summed E-state index contributed by atoms with van der Waals surface area (Å²) in [6, 6.07) is 10.9. The number of carbonyl (C=O) groups is 1. The average molecular weight is 286 g/mol. The lowest BCUT2D eigenvalue weighted by Gasteiger charge is -2.14. The first-order valence-corrected chi connectivity index (χ1v) is 6.62. The number of phenols is 1. The fourth-order valence-corrected chi connectivity index (χ4v) is 2.08. The van der Waals surface area contributed by atoms with Crippen molar-refractivity contribution in [2.75, 3.05) is 7.11 Å². The molecular weight excluding hydrogens is 268 g/mol. The standard InChI is InChI=1S/C17H18O4/c1-11-12(2)16(15(20-3)9-14(11)18)17(19)21-10-13-7-5-4-6-8-13/h4-9,18H,10H2,1-3H3. The van der Waals surface area contributed by atoms with Gasteiger partial charge in [0.25, 0.3) is 0 Å². The molecule has 1 N–H and O–H groups in total. The van der Waals surface area contributed by atoms with Crippen LogP contribution in [-0.4, -0.2) is 18.2 Å². The normalized spacial score (nSPS) is 10.2. The van der Waals surface area contributed by atoms with Crippen LogP contribution in [0.5, 0.6) is 11.5 Å². The van der Waals surface area contributed by atoms with Crippen molar-refractivity contribution in [1.82, 2.24) is 0 Å². The van der Waals surface area contributed by atoms with E-state index in [0.717, 1.165) is 5.56 Å². The SMILES string of the molecule is COc1cc(O)c(C)c(C)c1C(=O)OCc1ccccc1. The van der Waals surface area contributed by atoms with Crippen LogP contribution < -0.4 is 4.74 Å². The Hall–Kier alpha value is -2.49. The molecule has 21 heavy (non-hydrogen) atoms. The van der Waals surface area contributed by atoms with E-state index >= 15 is 0 Å². The molecule has 4 heteroatoms. The Balaban J connectivity index is 2.25. The monoisotopic (exact) mass is 286 g/mol. The third kappa shape index (κ3) is 3.16. The number of rotatable bonds is 4. The molecule has 0 spiro atoms. The summed E-state index contributed by atoms with van der Waals surface area (Å²) in [4.78, 5) is 12.3. The van der Waals surface area contributed by atoms with Crippen LogP contribution in [0.2, 0.25) is 0 Å². The largest absolute Gasteiger partial charge is 0.508 e. The van der Waals surface area contributed by atoms with Crippen molar-refractivity contribution in [3.05, 3.63) is 58.7 Å². The molecular formula is C17H18O4. The molecule has 0 bridgehead atoms. The van der Waals surface area contributed by atoms with Crippen molar-refractivity contribution in [3.63, 3.8) is 0 Å². The number of methoxy groups -OCH3 is 1. The highest BCUT2D eigenvalue weighted by Crippen LogP contribution is 2.32. The van der Waals surface area contributed by atoms with Gasteiger partial charge in [-0.3, -0.25) is 0 Å². The first kappa shape index (κ1) is 14.9. The van der Waals surface area contributed by atoms with E-state index in [1.807, 2.05) is 30.3 Å². The molecule has 4 nitrogen and oxygen atoms in total. The highest BCUT2D eigenvalue weighted by molar-refractivity contribution is 5.95. The lowest BCUT2D eigenvalue weighted by molar-refractivity contribution is 0.0468. The first-order chi connectivity index (χ1) is 10.0. The fraction of sp³-hybridized carbons (Fsp3) is 0.235. The van der Waals surface area contributed by atoms with Crippen molar-refractivity contribution < 1.29 is 19.4 Å². The van der Waals surface area contributed by atoms with Gasteiger partial charge in [0.05, 0.1) is 7.11 Å². The Labute approximate surface area is 123 Å². The Morgan fingerprint density at radius 1 is 1.14 bits per heavy atom. The highest BCUT2D eigenvalue weighted by atomic mass is 16.5. The maximum atomic E-state index is 12.3. The molecule has 2 aromatic rings. The average Bonchev–Trinajstić information content (AvgIpc) is 2.51. The van der Waals surface area contributed by atoms with Crippen molar-refractivity contribution in [3.8, 4) is 11.5 Å². The Bertz CT molecular complexity index is 648. The smallest absolute Gasteiger partial charge is 0.342 e. The summed E-state index contributed by atoms with van der Waals surface area (Å²) in [6.45, 7) is 3.71. The van der Waals surface area contributed by atoms with Gasteiger partial charge in [-0.25, -0.2) is 4.79 Å². The zero-order valence-corrected chi connectivity index (χ0v) is 12.3. The summed E-state index contributed by atoms with van der Waals surface area (Å²) >= 11 is 0. The molecule has 2 rings (SSSR count). The topological polar surface area (TPSA) is 55.8 Å². The summed E-state index contributed by atoms with van der Waals surface area (Å²) in [6.07, 6.45) is 0. The molecule has 0 amide bonds. The Morgan fingerprint density at radius 3 is 2.43 bits per heavy atom. The number of carbonyl (C=O) groups excluding carboxylic acids is 1. The zero-order chi connectivity index (χ0) is 15.4. The first-order valence-electron chi connectivity index (χ1n) is 6.62. The molecule has 110 valence electrons. The number of hydrogen-bond donors (Lipinski definition) is 1. The van der Waals surface area contributed by atoms with Gasteiger partial charge in [0.15, 0.2) is 0 Å². The molecule has 2 aromatic carbocycles. The van der Waals surface area contributed by atoms with Crippen LogP contribution in [0.4, 0.5) is 0 Å². The Kier molecular flexibility index (Phi) is 4.48.